The molecule has 2 rings (SSSR count). The van der Waals surface area contributed by atoms with Gasteiger partial charge in [0.25, 0.3) is 0 Å². The maximum Gasteiger partial charge on any atom is 0.322 e. The first-order valence-corrected chi connectivity index (χ1v) is 4.86. The molecule has 4 nitrogen and oxygen atoms in total. The molecule has 0 bridgehead atoms. The summed E-state index contributed by atoms with van der Waals surface area (Å²) in [6, 6.07) is -0.322. The van der Waals surface area contributed by atoms with Crippen molar-refractivity contribution in [2.75, 3.05) is 0 Å². The van der Waals surface area contributed by atoms with Crippen LogP contribution in [0, 0.1) is 5.92 Å². The molecule has 3 N–H and O–H groups in total. The lowest BCUT2D eigenvalue weighted by atomic mass is 9.88. The van der Waals surface area contributed by atoms with E-state index in [0.717, 1.165) is 12.8 Å². The average Bonchev–Trinajstić information content (AvgIpc) is 2.47. The SMILES string of the molecule is O=C(O)C1NNC2C=CC=CCCC21. The molecule has 0 spiro atoms. The van der Waals surface area contributed by atoms with Crippen LogP contribution in [-0.4, -0.2) is 23.2 Å². The minimum absolute atomic E-state index is 0.140. The first-order chi connectivity index (χ1) is 6.79. The van der Waals surface area contributed by atoms with Crippen molar-refractivity contribution >= 4 is 5.97 Å². The lowest BCUT2D eigenvalue weighted by molar-refractivity contribution is -0.140. The number of allylic oxidation sites excluding steroid dienone is 3. The van der Waals surface area contributed by atoms with Gasteiger partial charge in [-0.15, -0.1) is 0 Å². The molecule has 76 valence electrons. The number of fused-ring (bicyclic) bond motifs is 1. The van der Waals surface area contributed by atoms with Gasteiger partial charge in [-0.25, -0.2) is 10.9 Å². The number of hydrogen-bond donors (Lipinski definition) is 3. The summed E-state index contributed by atoms with van der Waals surface area (Å²) in [5.74, 6) is -0.628. The van der Waals surface area contributed by atoms with Crippen molar-refractivity contribution in [2.45, 2.75) is 24.9 Å². The van der Waals surface area contributed by atoms with Gasteiger partial charge >= 0.3 is 5.97 Å². The molecule has 0 amide bonds. The lowest BCUT2D eigenvalue weighted by Crippen LogP contribution is -2.38. The van der Waals surface area contributed by atoms with Crippen molar-refractivity contribution < 1.29 is 9.90 Å². The molecule has 0 aromatic carbocycles. The van der Waals surface area contributed by atoms with Crippen molar-refractivity contribution in [3.05, 3.63) is 24.3 Å². The van der Waals surface area contributed by atoms with Gasteiger partial charge in [0, 0.05) is 12.0 Å². The molecule has 1 aliphatic carbocycles. The van der Waals surface area contributed by atoms with E-state index in [1.54, 1.807) is 0 Å². The van der Waals surface area contributed by atoms with Crippen molar-refractivity contribution in [1.29, 1.82) is 0 Å². The second-order valence-corrected chi connectivity index (χ2v) is 3.68. The van der Waals surface area contributed by atoms with Gasteiger partial charge in [0.1, 0.15) is 6.04 Å². The van der Waals surface area contributed by atoms with E-state index < -0.39 is 12.0 Å². The maximum absolute atomic E-state index is 10.9. The van der Waals surface area contributed by atoms with E-state index in [9.17, 15) is 4.79 Å². The van der Waals surface area contributed by atoms with E-state index in [0.29, 0.717) is 0 Å². The third kappa shape index (κ3) is 1.71. The Kier molecular flexibility index (Phi) is 2.65. The summed E-state index contributed by atoms with van der Waals surface area (Å²) in [5.41, 5.74) is 5.83. The zero-order valence-electron chi connectivity index (χ0n) is 7.81. The Morgan fingerprint density at radius 2 is 2.21 bits per heavy atom. The van der Waals surface area contributed by atoms with Crippen LogP contribution in [0.25, 0.3) is 0 Å². The van der Waals surface area contributed by atoms with Gasteiger partial charge < -0.3 is 5.11 Å². The highest BCUT2D eigenvalue weighted by molar-refractivity contribution is 5.74. The molecular formula is C10H14N2O2. The summed E-state index contributed by atoms with van der Waals surface area (Å²) < 4.78 is 0. The highest BCUT2D eigenvalue weighted by Gasteiger charge is 2.38. The zero-order valence-corrected chi connectivity index (χ0v) is 7.81. The molecule has 1 saturated heterocycles. The van der Waals surface area contributed by atoms with Crippen molar-refractivity contribution in [2.24, 2.45) is 5.92 Å². The van der Waals surface area contributed by atoms with Crippen LogP contribution in [0.2, 0.25) is 0 Å². The second kappa shape index (κ2) is 3.94. The number of hydrogen-bond acceptors (Lipinski definition) is 3. The number of nitrogens with one attached hydrogen (secondary N) is 2. The minimum Gasteiger partial charge on any atom is -0.480 e. The molecule has 0 aromatic heterocycles. The number of hydrazine groups is 1. The number of rotatable bonds is 1. The van der Waals surface area contributed by atoms with Crippen LogP contribution in [0.4, 0.5) is 0 Å². The third-order valence-electron chi connectivity index (χ3n) is 2.79. The van der Waals surface area contributed by atoms with Crippen molar-refractivity contribution in [1.82, 2.24) is 10.9 Å². The first-order valence-electron chi connectivity index (χ1n) is 4.86. The van der Waals surface area contributed by atoms with Crippen LogP contribution < -0.4 is 10.9 Å². The number of carbonyl (C=O) groups is 1. The molecule has 1 fully saturated rings. The van der Waals surface area contributed by atoms with Gasteiger partial charge in [0.15, 0.2) is 0 Å². The molecule has 14 heavy (non-hydrogen) atoms. The number of aliphatic carboxylic acids is 1. The lowest BCUT2D eigenvalue weighted by Gasteiger charge is -2.18. The smallest absolute Gasteiger partial charge is 0.322 e. The van der Waals surface area contributed by atoms with Crippen LogP contribution in [0.1, 0.15) is 12.8 Å². The topological polar surface area (TPSA) is 61.4 Å². The Morgan fingerprint density at radius 3 is 3.00 bits per heavy atom. The van der Waals surface area contributed by atoms with Gasteiger partial charge in [0.05, 0.1) is 0 Å². The Bertz CT molecular complexity index is 286. The fraction of sp³-hybridized carbons (Fsp3) is 0.500. The number of carboxylic acid groups (broad SMARTS) is 1. The predicted molar refractivity (Wildman–Crippen MR) is 52.5 cm³/mol. The van der Waals surface area contributed by atoms with Crippen LogP contribution >= 0.6 is 0 Å². The first kappa shape index (κ1) is 9.43. The molecular weight excluding hydrogens is 180 g/mol. The molecule has 1 aliphatic heterocycles. The summed E-state index contributed by atoms with van der Waals surface area (Å²) in [5, 5.41) is 8.97. The van der Waals surface area contributed by atoms with E-state index in [4.69, 9.17) is 5.11 Å². The van der Waals surface area contributed by atoms with Crippen LogP contribution in [0.15, 0.2) is 24.3 Å². The number of carboxylic acids is 1. The standard InChI is InChI=1S/C10H14N2O2/c13-10(14)9-7-5-3-1-2-4-6-8(7)11-12-9/h1-2,4,6-9,11-12H,3,5H2,(H,13,14). The molecule has 3 atom stereocenters. The Morgan fingerprint density at radius 1 is 1.36 bits per heavy atom. The van der Waals surface area contributed by atoms with Gasteiger partial charge in [-0.3, -0.25) is 4.79 Å². The third-order valence-corrected chi connectivity index (χ3v) is 2.79. The summed E-state index contributed by atoms with van der Waals surface area (Å²) >= 11 is 0. The molecule has 3 unspecified atom stereocenters. The molecule has 0 saturated carbocycles. The Hall–Kier alpha value is -1.13. The monoisotopic (exact) mass is 194 g/mol. The molecule has 0 aromatic rings. The van der Waals surface area contributed by atoms with E-state index >= 15 is 0 Å². The van der Waals surface area contributed by atoms with Crippen molar-refractivity contribution in [3.8, 4) is 0 Å². The quantitative estimate of drug-likeness (QED) is 0.567. The van der Waals surface area contributed by atoms with E-state index in [-0.39, 0.29) is 12.0 Å². The van der Waals surface area contributed by atoms with E-state index in [1.807, 2.05) is 18.2 Å². The van der Waals surface area contributed by atoms with Crippen LogP contribution in [0.3, 0.4) is 0 Å². The Balaban J connectivity index is 2.13. The minimum atomic E-state index is -0.775. The fourth-order valence-electron chi connectivity index (χ4n) is 2.04. The van der Waals surface area contributed by atoms with Crippen LogP contribution in [-0.2, 0) is 4.79 Å². The van der Waals surface area contributed by atoms with E-state index in [2.05, 4.69) is 16.9 Å². The summed E-state index contributed by atoms with van der Waals surface area (Å²) in [6.07, 6.45) is 9.91. The van der Waals surface area contributed by atoms with Crippen LogP contribution in [0.5, 0.6) is 0 Å². The van der Waals surface area contributed by atoms with Crippen molar-refractivity contribution in [3.63, 3.8) is 0 Å². The molecule has 2 aliphatic rings. The predicted octanol–water partition coefficient (Wildman–Crippen LogP) is 0.438. The van der Waals surface area contributed by atoms with Gasteiger partial charge in [-0.2, -0.15) is 0 Å². The van der Waals surface area contributed by atoms with Gasteiger partial charge in [0.2, 0.25) is 0 Å². The molecule has 4 heteroatoms. The normalized spacial score (nSPS) is 36.1. The van der Waals surface area contributed by atoms with Gasteiger partial charge in [-0.1, -0.05) is 24.3 Å². The molecule has 0 radical (unpaired) electrons. The summed E-state index contributed by atoms with van der Waals surface area (Å²) in [6.45, 7) is 0. The largest absolute Gasteiger partial charge is 0.480 e. The summed E-state index contributed by atoms with van der Waals surface area (Å²) in [7, 11) is 0. The fourth-order valence-corrected chi connectivity index (χ4v) is 2.04. The second-order valence-electron chi connectivity index (χ2n) is 3.68. The zero-order chi connectivity index (χ0) is 9.97. The summed E-state index contributed by atoms with van der Waals surface area (Å²) in [4.78, 5) is 10.9. The van der Waals surface area contributed by atoms with E-state index in [1.165, 1.54) is 0 Å². The highest BCUT2D eigenvalue weighted by Crippen LogP contribution is 2.23. The maximum atomic E-state index is 10.9. The Labute approximate surface area is 82.7 Å². The molecule has 1 heterocycles. The average molecular weight is 194 g/mol. The highest BCUT2D eigenvalue weighted by atomic mass is 16.4. The van der Waals surface area contributed by atoms with Gasteiger partial charge in [-0.05, 0) is 12.8 Å².